The summed E-state index contributed by atoms with van der Waals surface area (Å²) < 4.78 is 0. The van der Waals surface area contributed by atoms with Crippen LogP contribution in [0.15, 0.2) is 40.9 Å². The van der Waals surface area contributed by atoms with Gasteiger partial charge in [0.1, 0.15) is 5.84 Å². The molecule has 3 nitrogen and oxygen atoms in total. The van der Waals surface area contributed by atoms with Gasteiger partial charge in [0.2, 0.25) is 0 Å². The maximum atomic E-state index is 5.49. The van der Waals surface area contributed by atoms with Gasteiger partial charge in [-0.25, -0.2) is 10.8 Å². The number of allylic oxidation sites excluding steroid dienone is 1. The first-order valence-corrected chi connectivity index (χ1v) is 6.36. The Labute approximate surface area is 104 Å². The van der Waals surface area contributed by atoms with E-state index in [4.69, 9.17) is 5.84 Å². The fraction of sp³-hybridized carbons (Fsp3) is 0.250. The van der Waals surface area contributed by atoms with Gasteiger partial charge in [-0.2, -0.15) is 0 Å². The molecule has 0 saturated heterocycles. The van der Waals surface area contributed by atoms with Gasteiger partial charge in [-0.15, -0.1) is 0 Å². The number of hydrogen-bond acceptors (Lipinski definition) is 3. The number of benzene rings is 1. The fourth-order valence-electron chi connectivity index (χ4n) is 1.77. The van der Waals surface area contributed by atoms with Crippen LogP contribution in [-0.4, -0.2) is 11.2 Å². The number of rotatable bonds is 2. The van der Waals surface area contributed by atoms with E-state index in [-0.39, 0.29) is 0 Å². The molecule has 0 amide bonds. The monoisotopic (exact) mass is 279 g/mol. The SMILES string of the molecule is NNC1=Nc2ccccc2C/C1=C\CCBr. The molecular formula is C12H14BrN3. The van der Waals surface area contributed by atoms with Gasteiger partial charge < -0.3 is 5.43 Å². The molecule has 2 rings (SSSR count). The predicted octanol–water partition coefficient (Wildman–Crippen LogP) is 2.45. The molecular weight excluding hydrogens is 266 g/mol. The zero-order chi connectivity index (χ0) is 11.4. The molecule has 0 unspecified atom stereocenters. The second-order valence-electron chi connectivity index (χ2n) is 3.62. The highest BCUT2D eigenvalue weighted by Gasteiger charge is 2.15. The zero-order valence-electron chi connectivity index (χ0n) is 8.91. The van der Waals surface area contributed by atoms with Crippen LogP contribution >= 0.6 is 15.9 Å². The molecule has 1 heterocycles. The van der Waals surface area contributed by atoms with Crippen LogP contribution in [0.4, 0.5) is 5.69 Å². The summed E-state index contributed by atoms with van der Waals surface area (Å²) in [6.07, 6.45) is 4.05. The van der Waals surface area contributed by atoms with Crippen molar-refractivity contribution in [1.29, 1.82) is 0 Å². The third-order valence-corrected chi connectivity index (χ3v) is 3.00. The van der Waals surface area contributed by atoms with Gasteiger partial charge in [-0.3, -0.25) is 0 Å². The minimum absolute atomic E-state index is 0.777. The van der Waals surface area contributed by atoms with Gasteiger partial charge in [-0.05, 0) is 23.6 Å². The van der Waals surface area contributed by atoms with Crippen molar-refractivity contribution >= 4 is 27.5 Å². The number of hydrogen-bond donors (Lipinski definition) is 2. The van der Waals surface area contributed by atoms with Crippen LogP contribution in [0.5, 0.6) is 0 Å². The van der Waals surface area contributed by atoms with Crippen LogP contribution in [0.3, 0.4) is 0 Å². The van der Waals surface area contributed by atoms with Crippen molar-refractivity contribution in [3.05, 3.63) is 41.5 Å². The molecule has 0 fully saturated rings. The quantitative estimate of drug-likeness (QED) is 0.496. The van der Waals surface area contributed by atoms with E-state index >= 15 is 0 Å². The number of amidine groups is 1. The van der Waals surface area contributed by atoms with Crippen LogP contribution in [-0.2, 0) is 6.42 Å². The summed E-state index contributed by atoms with van der Waals surface area (Å²) in [6, 6.07) is 8.14. The summed E-state index contributed by atoms with van der Waals surface area (Å²) in [7, 11) is 0. The minimum atomic E-state index is 0.777. The van der Waals surface area contributed by atoms with Crippen molar-refractivity contribution < 1.29 is 0 Å². The molecule has 16 heavy (non-hydrogen) atoms. The van der Waals surface area contributed by atoms with Gasteiger partial charge in [-0.1, -0.05) is 40.2 Å². The van der Waals surface area contributed by atoms with Crippen LogP contribution in [0.1, 0.15) is 12.0 Å². The van der Waals surface area contributed by atoms with Crippen molar-refractivity contribution in [2.75, 3.05) is 5.33 Å². The number of nitrogens with zero attached hydrogens (tertiary/aromatic N) is 1. The van der Waals surface area contributed by atoms with Crippen LogP contribution < -0.4 is 11.3 Å². The summed E-state index contributed by atoms with van der Waals surface area (Å²) >= 11 is 3.41. The Morgan fingerprint density at radius 3 is 3.00 bits per heavy atom. The Kier molecular flexibility index (Phi) is 3.74. The lowest BCUT2D eigenvalue weighted by Gasteiger charge is -2.18. The maximum Gasteiger partial charge on any atom is 0.143 e. The Bertz CT molecular complexity index is 438. The molecule has 1 aliphatic heterocycles. The second kappa shape index (κ2) is 5.27. The molecule has 0 atom stereocenters. The Morgan fingerprint density at radius 1 is 1.44 bits per heavy atom. The highest BCUT2D eigenvalue weighted by molar-refractivity contribution is 9.09. The predicted molar refractivity (Wildman–Crippen MR) is 71.1 cm³/mol. The lowest BCUT2D eigenvalue weighted by Crippen LogP contribution is -2.33. The van der Waals surface area contributed by atoms with Gasteiger partial charge >= 0.3 is 0 Å². The highest BCUT2D eigenvalue weighted by atomic mass is 79.9. The number of nitrogens with one attached hydrogen (secondary N) is 1. The smallest absolute Gasteiger partial charge is 0.143 e. The van der Waals surface area contributed by atoms with Crippen molar-refractivity contribution in [1.82, 2.24) is 5.43 Å². The summed E-state index contributed by atoms with van der Waals surface area (Å²) in [4.78, 5) is 4.50. The van der Waals surface area contributed by atoms with E-state index in [9.17, 15) is 0 Å². The van der Waals surface area contributed by atoms with E-state index in [1.807, 2.05) is 18.2 Å². The largest absolute Gasteiger partial charge is 0.308 e. The molecule has 3 N–H and O–H groups in total. The molecule has 0 aliphatic carbocycles. The number of aliphatic imine (C=N–C) groups is 1. The topological polar surface area (TPSA) is 50.4 Å². The third kappa shape index (κ3) is 2.33. The first kappa shape index (κ1) is 11.4. The molecule has 1 aliphatic rings. The molecule has 1 aromatic rings. The van der Waals surface area contributed by atoms with E-state index in [2.05, 4.69) is 38.5 Å². The first-order chi connectivity index (χ1) is 7.85. The van der Waals surface area contributed by atoms with Gasteiger partial charge in [0.05, 0.1) is 5.69 Å². The van der Waals surface area contributed by atoms with Gasteiger partial charge in [0, 0.05) is 11.8 Å². The maximum absolute atomic E-state index is 5.49. The van der Waals surface area contributed by atoms with E-state index < -0.39 is 0 Å². The second-order valence-corrected chi connectivity index (χ2v) is 4.41. The van der Waals surface area contributed by atoms with E-state index in [1.165, 1.54) is 11.1 Å². The number of halogens is 1. The Balaban J connectivity index is 2.35. The van der Waals surface area contributed by atoms with Crippen molar-refractivity contribution in [2.45, 2.75) is 12.8 Å². The van der Waals surface area contributed by atoms with E-state index in [0.717, 1.165) is 29.7 Å². The van der Waals surface area contributed by atoms with Crippen LogP contribution in [0, 0.1) is 0 Å². The van der Waals surface area contributed by atoms with Crippen LogP contribution in [0.25, 0.3) is 0 Å². The number of hydrazine groups is 1. The molecule has 84 valence electrons. The molecule has 1 aromatic carbocycles. The molecule has 0 saturated carbocycles. The van der Waals surface area contributed by atoms with E-state index in [1.54, 1.807) is 0 Å². The van der Waals surface area contributed by atoms with E-state index in [0.29, 0.717) is 0 Å². The molecule has 0 aromatic heterocycles. The summed E-state index contributed by atoms with van der Waals surface area (Å²) in [5.41, 5.74) is 6.10. The molecule has 4 heteroatoms. The summed E-state index contributed by atoms with van der Waals surface area (Å²) in [5.74, 6) is 6.27. The van der Waals surface area contributed by atoms with Crippen LogP contribution in [0.2, 0.25) is 0 Å². The van der Waals surface area contributed by atoms with Gasteiger partial charge in [0.25, 0.3) is 0 Å². The molecule has 0 spiro atoms. The first-order valence-electron chi connectivity index (χ1n) is 5.23. The average molecular weight is 280 g/mol. The molecule has 0 radical (unpaired) electrons. The van der Waals surface area contributed by atoms with Gasteiger partial charge in [0.15, 0.2) is 0 Å². The number of fused-ring (bicyclic) bond motifs is 1. The normalized spacial score (nSPS) is 16.9. The highest BCUT2D eigenvalue weighted by Crippen LogP contribution is 2.27. The summed E-state index contributed by atoms with van der Waals surface area (Å²) in [5, 5.41) is 0.954. The number of nitrogens with two attached hydrogens (primary N) is 1. The lowest BCUT2D eigenvalue weighted by molar-refractivity contribution is 0.984. The number of alkyl halides is 1. The Morgan fingerprint density at radius 2 is 2.25 bits per heavy atom. The molecule has 0 bridgehead atoms. The fourth-order valence-corrected chi connectivity index (χ4v) is 2.00. The third-order valence-electron chi connectivity index (χ3n) is 2.55. The summed E-state index contributed by atoms with van der Waals surface area (Å²) in [6.45, 7) is 0. The van der Waals surface area contributed by atoms with Crippen molar-refractivity contribution in [3.63, 3.8) is 0 Å². The standard InChI is InChI=1S/C12H14BrN3/c13-7-3-5-10-8-9-4-1-2-6-11(9)15-12(10)16-14/h1-2,4-6H,3,7-8,14H2,(H,15,16)/b10-5+. The minimum Gasteiger partial charge on any atom is -0.308 e. The Hall–Kier alpha value is -1.13. The lowest BCUT2D eigenvalue weighted by atomic mass is 9.99. The zero-order valence-corrected chi connectivity index (χ0v) is 10.5. The average Bonchev–Trinajstić information content (AvgIpc) is 2.35. The number of para-hydroxylation sites is 1. The van der Waals surface area contributed by atoms with Crippen molar-refractivity contribution in [3.8, 4) is 0 Å². The van der Waals surface area contributed by atoms with Crippen molar-refractivity contribution in [2.24, 2.45) is 10.8 Å².